The van der Waals surface area contributed by atoms with Gasteiger partial charge in [0.15, 0.2) is 0 Å². The molecule has 2 heterocycles. The van der Waals surface area contributed by atoms with Crippen LogP contribution in [-0.4, -0.2) is 64.8 Å². The Bertz CT molecular complexity index is 1480. The van der Waals surface area contributed by atoms with E-state index in [-0.39, 0.29) is 18.3 Å². The van der Waals surface area contributed by atoms with Crippen molar-refractivity contribution < 1.29 is 24.2 Å². The summed E-state index contributed by atoms with van der Waals surface area (Å²) in [4.78, 5) is 47.2. The van der Waals surface area contributed by atoms with Crippen LogP contribution in [0.5, 0.6) is 11.5 Å². The summed E-state index contributed by atoms with van der Waals surface area (Å²) < 4.78 is 5.84. The summed E-state index contributed by atoms with van der Waals surface area (Å²) in [5.74, 6) is -0.770. The number of aliphatic imine (C=N–C) groups is 1. The van der Waals surface area contributed by atoms with Gasteiger partial charge in [0, 0.05) is 47.6 Å². The van der Waals surface area contributed by atoms with Crippen LogP contribution in [0.3, 0.4) is 0 Å². The van der Waals surface area contributed by atoms with E-state index in [1.54, 1.807) is 77.4 Å². The van der Waals surface area contributed by atoms with Crippen molar-refractivity contribution in [2.24, 2.45) is 10.9 Å². The summed E-state index contributed by atoms with van der Waals surface area (Å²) >= 11 is 12.1. The molecule has 0 radical (unpaired) electrons. The monoisotopic (exact) mass is 594 g/mol. The highest BCUT2D eigenvalue weighted by Gasteiger charge is 2.42. The molecule has 0 spiro atoms. The van der Waals surface area contributed by atoms with E-state index in [0.29, 0.717) is 53.2 Å². The first-order valence-electron chi connectivity index (χ1n) is 13.2. The van der Waals surface area contributed by atoms with Crippen LogP contribution >= 0.6 is 23.2 Å². The van der Waals surface area contributed by atoms with Gasteiger partial charge in [-0.2, -0.15) is 0 Å². The van der Waals surface area contributed by atoms with Gasteiger partial charge in [-0.1, -0.05) is 35.3 Å². The molecule has 1 fully saturated rings. The zero-order chi connectivity index (χ0) is 29.1. The second-order valence-corrected chi connectivity index (χ2v) is 10.7. The van der Waals surface area contributed by atoms with Gasteiger partial charge in [0.05, 0.1) is 6.04 Å². The summed E-state index contributed by atoms with van der Waals surface area (Å²) in [5.41, 5.74) is 1.63. The quantitative estimate of drug-likeness (QED) is 0.295. The average molecular weight is 595 g/mol. The summed E-state index contributed by atoms with van der Waals surface area (Å²) in [7, 11) is 0. The van der Waals surface area contributed by atoms with Crippen molar-refractivity contribution in [2.75, 3.05) is 31.1 Å². The smallest absolute Gasteiger partial charge is 0.344 e. The number of carboxylic acid groups (broad SMARTS) is 1. The number of carbonyl (C=O) groups excluding carboxylic acids is 2. The molecule has 2 atom stereocenters. The molecule has 1 saturated heterocycles. The molecule has 212 valence electrons. The minimum Gasteiger partial charge on any atom is -0.481 e. The zero-order valence-electron chi connectivity index (χ0n) is 22.2. The van der Waals surface area contributed by atoms with Crippen LogP contribution in [0.25, 0.3) is 0 Å². The molecule has 4 amide bonds. The van der Waals surface area contributed by atoms with Gasteiger partial charge >= 0.3 is 18.0 Å². The molecule has 1 N–H and O–H groups in total. The molecular formula is C30H28Cl2N4O5. The normalized spacial score (nSPS) is 19.0. The van der Waals surface area contributed by atoms with Crippen molar-refractivity contribution in [3.05, 3.63) is 88.4 Å². The molecule has 2 unspecified atom stereocenters. The Labute approximate surface area is 247 Å². The maximum atomic E-state index is 13.2. The fourth-order valence-corrected chi connectivity index (χ4v) is 5.54. The third kappa shape index (κ3) is 6.31. The number of halogens is 2. The number of urea groups is 2. The highest BCUT2D eigenvalue weighted by molar-refractivity contribution is 6.30. The van der Waals surface area contributed by atoms with Gasteiger partial charge in [0.2, 0.25) is 0 Å². The minimum absolute atomic E-state index is 0.134. The topological polar surface area (TPSA) is 103 Å². The van der Waals surface area contributed by atoms with Crippen LogP contribution in [0.2, 0.25) is 10.0 Å². The van der Waals surface area contributed by atoms with E-state index >= 15 is 0 Å². The van der Waals surface area contributed by atoms with Crippen molar-refractivity contribution in [2.45, 2.75) is 19.4 Å². The molecule has 11 heteroatoms. The summed E-state index contributed by atoms with van der Waals surface area (Å²) in [6.07, 6.45) is 0.456. The van der Waals surface area contributed by atoms with Gasteiger partial charge in [0.25, 0.3) is 0 Å². The predicted octanol–water partition coefficient (Wildman–Crippen LogP) is 6.76. The standard InChI is InChI=1S/C30H28Cl2N4O5/c1-19-26(28(37)38)27(20-4-2-5-22(32)18-20)36(29(39)33-19)15-3-14-34-16-17-35(30(34)40)23-8-12-25(13-9-23)41-24-10-6-21(31)7-11-24/h2,4-13,18,26-27H,3,14-17H2,1H3,(H,37,38). The molecule has 41 heavy (non-hydrogen) atoms. The number of rotatable bonds is 9. The Morgan fingerprint density at radius 3 is 2.29 bits per heavy atom. The number of carboxylic acids is 1. The number of ether oxygens (including phenoxy) is 1. The number of benzene rings is 3. The van der Waals surface area contributed by atoms with E-state index in [1.165, 1.54) is 4.90 Å². The fraction of sp³-hybridized carbons (Fsp3) is 0.267. The maximum Gasteiger partial charge on any atom is 0.344 e. The predicted molar refractivity (Wildman–Crippen MR) is 157 cm³/mol. The highest BCUT2D eigenvalue weighted by atomic mass is 35.5. The molecule has 2 aliphatic rings. The number of aliphatic carboxylic acids is 1. The third-order valence-electron chi connectivity index (χ3n) is 7.20. The van der Waals surface area contributed by atoms with Gasteiger partial charge in [-0.25, -0.2) is 14.6 Å². The second kappa shape index (κ2) is 12.2. The molecule has 5 rings (SSSR count). The number of nitrogens with zero attached hydrogens (tertiary/aromatic N) is 4. The van der Waals surface area contributed by atoms with E-state index in [1.807, 2.05) is 12.1 Å². The molecule has 0 aliphatic carbocycles. The van der Waals surface area contributed by atoms with Crippen LogP contribution in [0.1, 0.15) is 24.9 Å². The van der Waals surface area contributed by atoms with Crippen molar-refractivity contribution >= 4 is 52.6 Å². The molecule has 3 aromatic carbocycles. The van der Waals surface area contributed by atoms with Crippen LogP contribution in [0, 0.1) is 5.92 Å². The Kier molecular flexibility index (Phi) is 8.46. The van der Waals surface area contributed by atoms with E-state index < -0.39 is 24.0 Å². The molecule has 2 aliphatic heterocycles. The van der Waals surface area contributed by atoms with E-state index in [4.69, 9.17) is 27.9 Å². The summed E-state index contributed by atoms with van der Waals surface area (Å²) in [6, 6.07) is 19.8. The van der Waals surface area contributed by atoms with Gasteiger partial charge in [-0.05, 0) is 79.6 Å². The number of carbonyl (C=O) groups is 3. The van der Waals surface area contributed by atoms with Crippen LogP contribution in [0.15, 0.2) is 77.8 Å². The minimum atomic E-state index is -1.07. The maximum absolute atomic E-state index is 13.2. The van der Waals surface area contributed by atoms with Crippen molar-refractivity contribution in [3.63, 3.8) is 0 Å². The van der Waals surface area contributed by atoms with Crippen LogP contribution in [0.4, 0.5) is 15.3 Å². The molecular weight excluding hydrogens is 567 g/mol. The first-order valence-corrected chi connectivity index (χ1v) is 13.9. The van der Waals surface area contributed by atoms with Crippen molar-refractivity contribution in [3.8, 4) is 11.5 Å². The number of hydrogen-bond donors (Lipinski definition) is 1. The van der Waals surface area contributed by atoms with Gasteiger partial charge in [0.1, 0.15) is 17.4 Å². The molecule has 0 aromatic heterocycles. The lowest BCUT2D eigenvalue weighted by Gasteiger charge is -2.38. The first-order chi connectivity index (χ1) is 19.7. The number of anilines is 1. The SMILES string of the molecule is CC1=NC(=O)N(CCCN2CCN(c3ccc(Oc4ccc(Cl)cc4)cc3)C2=O)C(c2cccc(Cl)c2)C1C(=O)O. The average Bonchev–Trinajstić information content (AvgIpc) is 3.31. The van der Waals surface area contributed by atoms with Gasteiger partial charge in [-0.15, -0.1) is 0 Å². The molecule has 0 bridgehead atoms. The lowest BCUT2D eigenvalue weighted by Crippen LogP contribution is -2.47. The lowest BCUT2D eigenvalue weighted by molar-refractivity contribution is -0.141. The highest BCUT2D eigenvalue weighted by Crippen LogP contribution is 2.35. The van der Waals surface area contributed by atoms with Gasteiger partial charge in [-0.3, -0.25) is 9.69 Å². The van der Waals surface area contributed by atoms with E-state index in [0.717, 1.165) is 5.69 Å². The zero-order valence-corrected chi connectivity index (χ0v) is 23.8. The first kappa shape index (κ1) is 28.4. The molecule has 9 nitrogen and oxygen atoms in total. The summed E-state index contributed by atoms with van der Waals surface area (Å²) in [6.45, 7) is 3.24. The Morgan fingerprint density at radius 1 is 0.951 bits per heavy atom. The number of hydrogen-bond acceptors (Lipinski definition) is 4. The van der Waals surface area contributed by atoms with Gasteiger partial charge < -0.3 is 19.6 Å². The largest absolute Gasteiger partial charge is 0.481 e. The third-order valence-corrected chi connectivity index (χ3v) is 7.68. The Balaban J connectivity index is 1.22. The number of amides is 4. The fourth-order valence-electron chi connectivity index (χ4n) is 5.22. The van der Waals surface area contributed by atoms with E-state index in [9.17, 15) is 19.5 Å². The van der Waals surface area contributed by atoms with Crippen molar-refractivity contribution in [1.29, 1.82) is 0 Å². The lowest BCUT2D eigenvalue weighted by atomic mass is 9.87. The van der Waals surface area contributed by atoms with E-state index in [2.05, 4.69) is 4.99 Å². The Hall–Kier alpha value is -4.08. The molecule has 0 saturated carbocycles. The Morgan fingerprint density at radius 2 is 1.63 bits per heavy atom. The van der Waals surface area contributed by atoms with Crippen LogP contribution in [-0.2, 0) is 4.79 Å². The second-order valence-electron chi connectivity index (χ2n) is 9.87. The molecule has 3 aromatic rings. The summed E-state index contributed by atoms with van der Waals surface area (Å²) in [5, 5.41) is 11.0. The van der Waals surface area contributed by atoms with Crippen LogP contribution < -0.4 is 9.64 Å². The van der Waals surface area contributed by atoms with Crippen molar-refractivity contribution in [1.82, 2.24) is 9.80 Å².